The van der Waals surface area contributed by atoms with Crippen LogP contribution in [0, 0.1) is 5.82 Å². The maximum atomic E-state index is 13.1. The molecule has 1 amide bonds. The van der Waals surface area contributed by atoms with Crippen molar-refractivity contribution in [2.24, 2.45) is 0 Å². The van der Waals surface area contributed by atoms with Gasteiger partial charge in [-0.2, -0.15) is 0 Å². The van der Waals surface area contributed by atoms with E-state index in [-0.39, 0.29) is 21.2 Å². The third-order valence-corrected chi connectivity index (χ3v) is 6.62. The number of sulfonamides is 1. The van der Waals surface area contributed by atoms with E-state index in [0.29, 0.717) is 24.5 Å². The topological polar surface area (TPSA) is 93.7 Å². The first-order chi connectivity index (χ1) is 15.7. The first-order valence-electron chi connectivity index (χ1n) is 9.80. The van der Waals surface area contributed by atoms with E-state index in [0.717, 1.165) is 17.7 Å². The maximum Gasteiger partial charge on any atom is 0.263 e. The number of hydrogen-bond acceptors (Lipinski definition) is 5. The summed E-state index contributed by atoms with van der Waals surface area (Å²) < 4.78 is 51.4. The predicted molar refractivity (Wildman–Crippen MR) is 124 cm³/mol. The predicted octanol–water partition coefficient (Wildman–Crippen LogP) is 4.27. The molecule has 33 heavy (non-hydrogen) atoms. The number of rotatable bonds is 9. The minimum atomic E-state index is -4.10. The summed E-state index contributed by atoms with van der Waals surface area (Å²) in [7, 11) is -0.997. The SMILES string of the molecule is COc1ccc(CCNC(=O)c2ccc(Cl)c(S(=O)(=O)Nc3ccc(F)cc3)c2)c(OC)c1. The Morgan fingerprint density at radius 3 is 2.39 bits per heavy atom. The lowest BCUT2D eigenvalue weighted by molar-refractivity contribution is 0.0954. The van der Waals surface area contributed by atoms with Crippen LogP contribution in [-0.2, 0) is 16.4 Å². The molecule has 0 atom stereocenters. The van der Waals surface area contributed by atoms with Crippen LogP contribution < -0.4 is 19.5 Å². The molecule has 0 heterocycles. The van der Waals surface area contributed by atoms with Crippen molar-refractivity contribution in [3.05, 3.63) is 82.6 Å². The van der Waals surface area contributed by atoms with Gasteiger partial charge in [-0.1, -0.05) is 17.7 Å². The first kappa shape index (κ1) is 24.3. The third-order valence-electron chi connectivity index (χ3n) is 4.75. The molecule has 0 aliphatic carbocycles. The van der Waals surface area contributed by atoms with Crippen LogP contribution in [0.2, 0.25) is 5.02 Å². The molecule has 0 radical (unpaired) electrons. The second-order valence-corrected chi connectivity index (χ2v) is 9.00. The van der Waals surface area contributed by atoms with E-state index < -0.39 is 21.7 Å². The lowest BCUT2D eigenvalue weighted by Crippen LogP contribution is -2.26. The van der Waals surface area contributed by atoms with Gasteiger partial charge in [0.2, 0.25) is 0 Å². The maximum absolute atomic E-state index is 13.1. The second kappa shape index (κ2) is 10.5. The molecule has 10 heteroatoms. The summed E-state index contributed by atoms with van der Waals surface area (Å²) in [6.45, 7) is 0.292. The molecular formula is C23H22ClFN2O5S. The molecular weight excluding hydrogens is 471 g/mol. The van der Waals surface area contributed by atoms with Crippen LogP contribution in [-0.4, -0.2) is 35.1 Å². The highest BCUT2D eigenvalue weighted by molar-refractivity contribution is 7.92. The van der Waals surface area contributed by atoms with Gasteiger partial charge < -0.3 is 14.8 Å². The zero-order valence-corrected chi connectivity index (χ0v) is 19.5. The molecule has 2 N–H and O–H groups in total. The number of nitrogens with one attached hydrogen (secondary N) is 2. The zero-order valence-electron chi connectivity index (χ0n) is 17.9. The summed E-state index contributed by atoms with van der Waals surface area (Å²) in [5, 5.41) is 2.70. The number of halogens is 2. The van der Waals surface area contributed by atoms with Gasteiger partial charge in [-0.25, -0.2) is 12.8 Å². The molecule has 0 aliphatic rings. The van der Waals surface area contributed by atoms with Crippen LogP contribution in [0.25, 0.3) is 0 Å². The molecule has 0 unspecified atom stereocenters. The Hall–Kier alpha value is -3.30. The monoisotopic (exact) mass is 492 g/mol. The summed E-state index contributed by atoms with van der Waals surface area (Å²) in [5.41, 5.74) is 1.16. The Kier molecular flexibility index (Phi) is 7.78. The number of amides is 1. The largest absolute Gasteiger partial charge is 0.497 e. The van der Waals surface area contributed by atoms with Crippen LogP contribution in [0.1, 0.15) is 15.9 Å². The summed E-state index contributed by atoms with van der Waals surface area (Å²) in [5.74, 6) is 0.332. The molecule has 0 fully saturated rings. The van der Waals surface area contributed by atoms with Gasteiger partial charge in [0.25, 0.3) is 15.9 Å². The Morgan fingerprint density at radius 2 is 1.73 bits per heavy atom. The molecule has 0 aliphatic heterocycles. The summed E-state index contributed by atoms with van der Waals surface area (Å²) >= 11 is 6.08. The molecule has 0 bridgehead atoms. The van der Waals surface area contributed by atoms with Crippen molar-refractivity contribution in [2.45, 2.75) is 11.3 Å². The minimum absolute atomic E-state index is 0.0517. The van der Waals surface area contributed by atoms with Crippen LogP contribution in [0.3, 0.4) is 0 Å². The number of carbonyl (C=O) groups is 1. The van der Waals surface area contributed by atoms with Crippen molar-refractivity contribution in [3.8, 4) is 11.5 Å². The van der Waals surface area contributed by atoms with Crippen molar-refractivity contribution >= 4 is 33.2 Å². The van der Waals surface area contributed by atoms with Crippen LogP contribution in [0.15, 0.2) is 65.6 Å². The van der Waals surface area contributed by atoms with Gasteiger partial charge in [-0.05, 0) is 60.5 Å². The fourth-order valence-corrected chi connectivity index (χ4v) is 4.64. The van der Waals surface area contributed by atoms with E-state index in [1.54, 1.807) is 26.4 Å². The van der Waals surface area contributed by atoms with Crippen molar-refractivity contribution in [1.29, 1.82) is 0 Å². The van der Waals surface area contributed by atoms with Crippen LogP contribution in [0.4, 0.5) is 10.1 Å². The van der Waals surface area contributed by atoms with E-state index >= 15 is 0 Å². The highest BCUT2D eigenvalue weighted by Crippen LogP contribution is 2.26. The number of ether oxygens (including phenoxy) is 2. The average molecular weight is 493 g/mol. The third kappa shape index (κ3) is 6.15. The number of anilines is 1. The summed E-state index contributed by atoms with van der Waals surface area (Å²) in [4.78, 5) is 12.3. The molecule has 0 aromatic heterocycles. The highest BCUT2D eigenvalue weighted by Gasteiger charge is 2.20. The van der Waals surface area contributed by atoms with Crippen LogP contribution >= 0.6 is 11.6 Å². The summed E-state index contributed by atoms with van der Waals surface area (Å²) in [6, 6.07) is 14.2. The van der Waals surface area contributed by atoms with E-state index in [2.05, 4.69) is 10.0 Å². The number of carbonyl (C=O) groups excluding carboxylic acids is 1. The quantitative estimate of drug-likeness (QED) is 0.465. The van der Waals surface area contributed by atoms with Crippen molar-refractivity contribution in [1.82, 2.24) is 5.32 Å². The average Bonchev–Trinajstić information content (AvgIpc) is 2.80. The summed E-state index contributed by atoms with van der Waals surface area (Å²) in [6.07, 6.45) is 0.490. The Labute approximate surface area is 196 Å². The number of hydrogen-bond donors (Lipinski definition) is 2. The molecule has 0 saturated heterocycles. The van der Waals surface area contributed by atoms with Crippen LogP contribution in [0.5, 0.6) is 11.5 Å². The number of methoxy groups -OCH3 is 2. The van der Waals surface area contributed by atoms with Gasteiger partial charge in [0.05, 0.1) is 19.2 Å². The Balaban J connectivity index is 1.70. The van der Waals surface area contributed by atoms with Crippen molar-refractivity contribution in [2.75, 3.05) is 25.5 Å². The molecule has 3 aromatic rings. The van der Waals surface area contributed by atoms with E-state index in [4.69, 9.17) is 21.1 Å². The number of benzene rings is 3. The van der Waals surface area contributed by atoms with Gasteiger partial charge in [-0.15, -0.1) is 0 Å². The first-order valence-corrected chi connectivity index (χ1v) is 11.7. The smallest absolute Gasteiger partial charge is 0.263 e. The molecule has 174 valence electrons. The Morgan fingerprint density at radius 1 is 1.00 bits per heavy atom. The van der Waals surface area contributed by atoms with Gasteiger partial charge in [0.15, 0.2) is 0 Å². The zero-order chi connectivity index (χ0) is 24.0. The fourth-order valence-electron chi connectivity index (χ4n) is 3.05. The lowest BCUT2D eigenvalue weighted by Gasteiger charge is -2.12. The fraction of sp³-hybridized carbons (Fsp3) is 0.174. The normalized spacial score (nSPS) is 11.0. The van der Waals surface area contributed by atoms with Crippen molar-refractivity contribution in [3.63, 3.8) is 0 Å². The highest BCUT2D eigenvalue weighted by atomic mass is 35.5. The van der Waals surface area contributed by atoms with Gasteiger partial charge in [0.1, 0.15) is 22.2 Å². The van der Waals surface area contributed by atoms with E-state index in [1.807, 2.05) is 6.07 Å². The van der Waals surface area contributed by atoms with Gasteiger partial charge in [-0.3, -0.25) is 9.52 Å². The molecule has 0 saturated carbocycles. The van der Waals surface area contributed by atoms with E-state index in [9.17, 15) is 17.6 Å². The van der Waals surface area contributed by atoms with Crippen molar-refractivity contribution < 1.29 is 27.1 Å². The molecule has 3 aromatic carbocycles. The molecule has 7 nitrogen and oxygen atoms in total. The molecule has 3 rings (SSSR count). The Bertz CT molecular complexity index is 1250. The van der Waals surface area contributed by atoms with E-state index in [1.165, 1.54) is 30.3 Å². The second-order valence-electron chi connectivity index (χ2n) is 6.94. The minimum Gasteiger partial charge on any atom is -0.497 e. The van der Waals surface area contributed by atoms with Gasteiger partial charge in [0, 0.05) is 23.9 Å². The lowest BCUT2D eigenvalue weighted by atomic mass is 10.1. The standard InChI is InChI=1S/C23H22ClFN2O5S/c1-31-19-9-3-15(21(14-19)32-2)11-12-26-23(28)16-4-10-20(24)22(13-16)33(29,30)27-18-7-5-17(25)6-8-18/h3-10,13-14,27H,11-12H2,1-2H3,(H,26,28). The molecule has 0 spiro atoms. The van der Waals surface area contributed by atoms with Gasteiger partial charge >= 0.3 is 0 Å².